The highest BCUT2D eigenvalue weighted by molar-refractivity contribution is 9.11. The van der Waals surface area contributed by atoms with Crippen molar-refractivity contribution in [2.75, 3.05) is 0 Å². The fourth-order valence-corrected chi connectivity index (χ4v) is 5.62. The molecule has 0 fully saturated rings. The summed E-state index contributed by atoms with van der Waals surface area (Å²) >= 11 is 14.5. The number of aliphatic imine (C=N–C) groups is 1. The Hall–Kier alpha value is -2.06. The molecule has 0 aromatic heterocycles. The van der Waals surface area contributed by atoms with Gasteiger partial charge >= 0.3 is 0 Å². The van der Waals surface area contributed by atoms with E-state index in [0.29, 0.717) is 5.56 Å². The van der Waals surface area contributed by atoms with Crippen molar-refractivity contribution in [2.24, 2.45) is 4.99 Å². The van der Waals surface area contributed by atoms with E-state index in [1.54, 1.807) is 6.07 Å². The molecule has 176 valence electrons. The molecule has 0 radical (unpaired) electrons. The Balaban J connectivity index is 1.85. The number of nitrogens with zero attached hydrogens (tertiary/aromatic N) is 1. The van der Waals surface area contributed by atoms with Gasteiger partial charge in [0, 0.05) is 29.7 Å². The van der Waals surface area contributed by atoms with E-state index >= 15 is 0 Å². The Bertz CT molecular complexity index is 1370. The standard InChI is InChI=1S/C28H20Br4N2O/c29-22-13-5-1-9-18(22)17-33-26(19-10-2-6-14-23(19)30)27(20-11-3-7-15-24(20)31)34-28(35)21-12-4-8-16-25(21)32/h1-17,26-27H,(H,34,35). The second-order valence-electron chi connectivity index (χ2n) is 7.72. The number of halogens is 4. The molecule has 0 bridgehead atoms. The fraction of sp³-hybridized carbons (Fsp3) is 0.0714. The monoisotopic (exact) mass is 716 g/mol. The zero-order valence-corrected chi connectivity index (χ0v) is 24.7. The molecule has 0 aliphatic rings. The van der Waals surface area contributed by atoms with Gasteiger partial charge in [0.15, 0.2) is 0 Å². The normalized spacial score (nSPS) is 12.9. The Morgan fingerprint density at radius 2 is 1.17 bits per heavy atom. The minimum Gasteiger partial charge on any atom is -0.343 e. The van der Waals surface area contributed by atoms with Crippen molar-refractivity contribution in [1.82, 2.24) is 5.32 Å². The Kier molecular flexibility index (Phi) is 9.11. The summed E-state index contributed by atoms with van der Waals surface area (Å²) in [4.78, 5) is 18.5. The lowest BCUT2D eigenvalue weighted by Crippen LogP contribution is -2.33. The van der Waals surface area contributed by atoms with E-state index in [4.69, 9.17) is 4.99 Å². The summed E-state index contributed by atoms with van der Waals surface area (Å²) in [7, 11) is 0. The van der Waals surface area contributed by atoms with Crippen LogP contribution in [0.2, 0.25) is 0 Å². The molecule has 0 saturated carbocycles. The molecule has 3 nitrogen and oxygen atoms in total. The Morgan fingerprint density at radius 3 is 1.77 bits per heavy atom. The number of hydrogen-bond acceptors (Lipinski definition) is 2. The number of carbonyl (C=O) groups excluding carboxylic acids is 1. The largest absolute Gasteiger partial charge is 0.343 e. The number of nitrogens with one attached hydrogen (secondary N) is 1. The van der Waals surface area contributed by atoms with Gasteiger partial charge in [-0.25, -0.2) is 0 Å². The topological polar surface area (TPSA) is 41.5 Å². The third-order valence-corrected chi connectivity index (χ3v) is 8.32. The highest BCUT2D eigenvalue weighted by Crippen LogP contribution is 2.39. The lowest BCUT2D eigenvalue weighted by molar-refractivity contribution is 0.0929. The molecule has 0 spiro atoms. The molecule has 1 N–H and O–H groups in total. The zero-order valence-electron chi connectivity index (χ0n) is 18.3. The first-order valence-corrected chi connectivity index (χ1v) is 13.9. The van der Waals surface area contributed by atoms with Crippen molar-refractivity contribution in [3.05, 3.63) is 137 Å². The lowest BCUT2D eigenvalue weighted by atomic mass is 9.93. The molecule has 0 heterocycles. The van der Waals surface area contributed by atoms with Crippen LogP contribution in [0, 0.1) is 0 Å². The third-order valence-electron chi connectivity index (χ3n) is 5.46. The van der Waals surface area contributed by atoms with Gasteiger partial charge < -0.3 is 5.32 Å². The Morgan fingerprint density at radius 1 is 0.657 bits per heavy atom. The van der Waals surface area contributed by atoms with Crippen LogP contribution in [0.15, 0.2) is 120 Å². The molecule has 0 aliphatic heterocycles. The van der Waals surface area contributed by atoms with Crippen LogP contribution < -0.4 is 5.32 Å². The summed E-state index contributed by atoms with van der Waals surface area (Å²) in [5.41, 5.74) is 3.40. The highest BCUT2D eigenvalue weighted by Gasteiger charge is 2.29. The molecular formula is C28H20Br4N2O. The molecule has 1 amide bonds. The second-order valence-corrected chi connectivity index (χ2v) is 11.1. The predicted molar refractivity (Wildman–Crippen MR) is 157 cm³/mol. The van der Waals surface area contributed by atoms with Crippen molar-refractivity contribution in [3.8, 4) is 0 Å². The van der Waals surface area contributed by atoms with Gasteiger partial charge in [-0.15, -0.1) is 0 Å². The van der Waals surface area contributed by atoms with E-state index in [1.807, 2.05) is 97.2 Å². The van der Waals surface area contributed by atoms with Crippen molar-refractivity contribution < 1.29 is 4.79 Å². The maximum absolute atomic E-state index is 13.5. The van der Waals surface area contributed by atoms with Crippen molar-refractivity contribution in [2.45, 2.75) is 12.1 Å². The maximum Gasteiger partial charge on any atom is 0.252 e. The van der Waals surface area contributed by atoms with Gasteiger partial charge in [-0.3, -0.25) is 9.79 Å². The minimum absolute atomic E-state index is 0.189. The maximum atomic E-state index is 13.5. The van der Waals surface area contributed by atoms with Gasteiger partial charge in [-0.2, -0.15) is 0 Å². The van der Waals surface area contributed by atoms with Gasteiger partial charge in [-0.1, -0.05) is 115 Å². The van der Waals surface area contributed by atoms with E-state index in [2.05, 4.69) is 69.0 Å². The molecule has 7 heteroatoms. The third kappa shape index (κ3) is 6.39. The van der Waals surface area contributed by atoms with E-state index in [-0.39, 0.29) is 5.91 Å². The summed E-state index contributed by atoms with van der Waals surface area (Å²) in [5, 5.41) is 3.26. The van der Waals surface area contributed by atoms with E-state index in [1.165, 1.54) is 0 Å². The zero-order chi connectivity index (χ0) is 24.8. The predicted octanol–water partition coefficient (Wildman–Crippen LogP) is 9.07. The first-order chi connectivity index (χ1) is 17.0. The highest BCUT2D eigenvalue weighted by atomic mass is 79.9. The molecule has 4 rings (SSSR count). The van der Waals surface area contributed by atoms with Gasteiger partial charge in [0.1, 0.15) is 6.04 Å². The fourth-order valence-electron chi connectivity index (χ4n) is 3.72. The number of hydrogen-bond donors (Lipinski definition) is 1. The van der Waals surface area contributed by atoms with Crippen LogP contribution in [0.4, 0.5) is 0 Å². The average Bonchev–Trinajstić information content (AvgIpc) is 2.86. The SMILES string of the molecule is O=C(NC(c1ccccc1Br)C(N=Cc1ccccc1Br)c1ccccc1Br)c1ccccc1Br. The van der Waals surface area contributed by atoms with Crippen LogP contribution in [0.1, 0.15) is 39.1 Å². The number of amides is 1. The molecule has 0 saturated heterocycles. The van der Waals surface area contributed by atoms with Crippen molar-refractivity contribution >= 4 is 75.8 Å². The van der Waals surface area contributed by atoms with Gasteiger partial charge in [0.25, 0.3) is 5.91 Å². The van der Waals surface area contributed by atoms with Gasteiger partial charge in [0.05, 0.1) is 11.6 Å². The summed E-state index contributed by atoms with van der Waals surface area (Å²) < 4.78 is 3.49. The quantitative estimate of drug-likeness (QED) is 0.190. The molecule has 4 aromatic rings. The summed E-state index contributed by atoms with van der Waals surface area (Å²) in [6, 6.07) is 30.3. The molecule has 2 unspecified atom stereocenters. The van der Waals surface area contributed by atoms with Crippen molar-refractivity contribution in [1.29, 1.82) is 0 Å². The van der Waals surface area contributed by atoms with E-state index < -0.39 is 12.1 Å². The minimum atomic E-state index is -0.456. The first-order valence-electron chi connectivity index (χ1n) is 10.8. The lowest BCUT2D eigenvalue weighted by Gasteiger charge is -2.28. The smallest absolute Gasteiger partial charge is 0.252 e. The van der Waals surface area contributed by atoms with Crippen LogP contribution in [0.3, 0.4) is 0 Å². The number of rotatable bonds is 7. The Labute approximate surface area is 238 Å². The second kappa shape index (κ2) is 12.3. The van der Waals surface area contributed by atoms with Crippen LogP contribution >= 0.6 is 63.7 Å². The average molecular weight is 720 g/mol. The van der Waals surface area contributed by atoms with Crippen LogP contribution in [0.25, 0.3) is 0 Å². The molecule has 4 aromatic carbocycles. The molecule has 35 heavy (non-hydrogen) atoms. The van der Waals surface area contributed by atoms with Crippen LogP contribution in [0.5, 0.6) is 0 Å². The van der Waals surface area contributed by atoms with Crippen LogP contribution in [-0.2, 0) is 0 Å². The summed E-state index contributed by atoms with van der Waals surface area (Å²) in [6.45, 7) is 0. The first kappa shape index (κ1) is 26.0. The number of benzene rings is 4. The number of carbonyl (C=O) groups is 1. The van der Waals surface area contributed by atoms with Gasteiger partial charge in [0.2, 0.25) is 0 Å². The summed E-state index contributed by atoms with van der Waals surface area (Å²) in [5.74, 6) is -0.189. The summed E-state index contributed by atoms with van der Waals surface area (Å²) in [6.07, 6.45) is 1.85. The molecule has 0 aliphatic carbocycles. The molecular weight excluding hydrogens is 700 g/mol. The van der Waals surface area contributed by atoms with Crippen molar-refractivity contribution in [3.63, 3.8) is 0 Å². The van der Waals surface area contributed by atoms with Gasteiger partial charge in [-0.05, 0) is 57.4 Å². The van der Waals surface area contributed by atoms with E-state index in [9.17, 15) is 4.79 Å². The van der Waals surface area contributed by atoms with Crippen LogP contribution in [-0.4, -0.2) is 12.1 Å². The van der Waals surface area contributed by atoms with E-state index in [0.717, 1.165) is 34.6 Å². The molecule has 2 atom stereocenters.